The topological polar surface area (TPSA) is 58.6 Å². The fourth-order valence-corrected chi connectivity index (χ4v) is 3.96. The summed E-state index contributed by atoms with van der Waals surface area (Å²) < 4.78 is 20.3. The molecule has 0 unspecified atom stereocenters. The summed E-state index contributed by atoms with van der Waals surface area (Å²) in [5.41, 5.74) is 2.64. The quantitative estimate of drug-likeness (QED) is 0.324. The lowest BCUT2D eigenvalue weighted by molar-refractivity contribution is -0.143. The number of carbonyl (C=O) groups excluding carboxylic acids is 2. The molecule has 0 aromatic heterocycles. The van der Waals surface area contributed by atoms with E-state index in [2.05, 4.69) is 21.2 Å². The number of amides is 2. The minimum Gasteiger partial charge on any atom is -0.484 e. The third kappa shape index (κ3) is 7.92. The zero-order valence-corrected chi connectivity index (χ0v) is 22.4. The Labute approximate surface area is 220 Å². The standard InChI is InChI=1S/C29H32BrFN2O3/c1-4-21(3)32-29(35)27(17-22-8-6-5-7-9-22)33(18-23-10-12-24(31)13-11-23)28(34)19-36-25-14-15-26(30)20(2)16-25/h5-16,21,27H,4,17-19H2,1-3H3,(H,32,35)/t21-,27+/m0/s1. The van der Waals surface area contributed by atoms with E-state index in [-0.39, 0.29) is 36.8 Å². The van der Waals surface area contributed by atoms with Crippen LogP contribution in [0.5, 0.6) is 5.75 Å². The number of benzene rings is 3. The first-order valence-electron chi connectivity index (χ1n) is 12.0. The van der Waals surface area contributed by atoms with Crippen molar-refractivity contribution < 1.29 is 18.7 Å². The number of rotatable bonds is 11. The summed E-state index contributed by atoms with van der Waals surface area (Å²) in [5, 5.41) is 3.03. The molecule has 2 atom stereocenters. The van der Waals surface area contributed by atoms with Gasteiger partial charge in [0.25, 0.3) is 5.91 Å². The van der Waals surface area contributed by atoms with Gasteiger partial charge in [0.1, 0.15) is 17.6 Å². The molecule has 0 aliphatic rings. The summed E-state index contributed by atoms with van der Waals surface area (Å²) in [6, 6.07) is 20.2. The molecule has 1 N–H and O–H groups in total. The van der Waals surface area contributed by atoms with Crippen LogP contribution in [-0.4, -0.2) is 35.4 Å². The van der Waals surface area contributed by atoms with E-state index in [1.165, 1.54) is 17.0 Å². The maximum atomic E-state index is 13.6. The second-order valence-electron chi connectivity index (χ2n) is 8.87. The summed E-state index contributed by atoms with van der Waals surface area (Å²) >= 11 is 3.46. The number of hydrogen-bond acceptors (Lipinski definition) is 3. The molecule has 0 aliphatic carbocycles. The number of aryl methyl sites for hydroxylation is 1. The van der Waals surface area contributed by atoms with E-state index in [4.69, 9.17) is 4.74 Å². The van der Waals surface area contributed by atoms with Crippen molar-refractivity contribution in [1.82, 2.24) is 10.2 Å². The SMILES string of the molecule is CC[C@H](C)NC(=O)[C@@H](Cc1ccccc1)N(Cc1ccc(F)cc1)C(=O)COc1ccc(Br)c(C)c1. The molecule has 0 saturated heterocycles. The maximum absolute atomic E-state index is 13.6. The van der Waals surface area contributed by atoms with Crippen LogP contribution in [0.2, 0.25) is 0 Å². The predicted octanol–water partition coefficient (Wildman–Crippen LogP) is 5.83. The summed E-state index contributed by atoms with van der Waals surface area (Å²) in [4.78, 5) is 28.6. The predicted molar refractivity (Wildman–Crippen MR) is 143 cm³/mol. The molecule has 0 saturated carbocycles. The molecule has 0 aliphatic heterocycles. The van der Waals surface area contributed by atoms with Crippen molar-refractivity contribution in [3.63, 3.8) is 0 Å². The zero-order chi connectivity index (χ0) is 26.1. The van der Waals surface area contributed by atoms with Crippen LogP contribution < -0.4 is 10.1 Å². The summed E-state index contributed by atoms with van der Waals surface area (Å²) in [6.45, 7) is 5.78. The van der Waals surface area contributed by atoms with Gasteiger partial charge in [0.15, 0.2) is 6.61 Å². The number of hydrogen-bond donors (Lipinski definition) is 1. The first-order valence-corrected chi connectivity index (χ1v) is 12.8. The summed E-state index contributed by atoms with van der Waals surface area (Å²) in [7, 11) is 0. The summed E-state index contributed by atoms with van der Waals surface area (Å²) in [5.74, 6) is -0.362. The van der Waals surface area contributed by atoms with Gasteiger partial charge in [-0.15, -0.1) is 0 Å². The van der Waals surface area contributed by atoms with Crippen LogP contribution in [0.4, 0.5) is 4.39 Å². The molecule has 7 heteroatoms. The maximum Gasteiger partial charge on any atom is 0.261 e. The van der Waals surface area contributed by atoms with Crippen LogP contribution in [0.1, 0.15) is 37.0 Å². The molecule has 3 aromatic rings. The summed E-state index contributed by atoms with van der Waals surface area (Å²) in [6.07, 6.45) is 1.11. The molecule has 0 heterocycles. The highest BCUT2D eigenvalue weighted by atomic mass is 79.9. The first-order chi connectivity index (χ1) is 17.3. The van der Waals surface area contributed by atoms with E-state index in [1.54, 1.807) is 18.2 Å². The Balaban J connectivity index is 1.90. The van der Waals surface area contributed by atoms with Gasteiger partial charge in [0.2, 0.25) is 5.91 Å². The lowest BCUT2D eigenvalue weighted by atomic mass is 10.0. The molecule has 5 nitrogen and oxygen atoms in total. The molecule has 36 heavy (non-hydrogen) atoms. The number of halogens is 2. The highest BCUT2D eigenvalue weighted by Crippen LogP contribution is 2.22. The third-order valence-electron chi connectivity index (χ3n) is 6.03. The van der Waals surface area contributed by atoms with Gasteiger partial charge in [0.05, 0.1) is 0 Å². The second kappa shape index (κ2) is 13.2. The van der Waals surface area contributed by atoms with Gasteiger partial charge in [-0.25, -0.2) is 4.39 Å². The van der Waals surface area contributed by atoms with Gasteiger partial charge in [-0.05, 0) is 67.3 Å². The van der Waals surface area contributed by atoms with Crippen molar-refractivity contribution in [3.8, 4) is 5.75 Å². The molecule has 0 spiro atoms. The number of ether oxygens (including phenoxy) is 1. The smallest absolute Gasteiger partial charge is 0.261 e. The average molecular weight is 555 g/mol. The Morgan fingerprint density at radius 2 is 1.72 bits per heavy atom. The van der Waals surface area contributed by atoms with E-state index in [1.807, 2.05) is 63.2 Å². The molecular formula is C29H32BrFN2O3. The van der Waals surface area contributed by atoms with Gasteiger partial charge in [0, 0.05) is 23.5 Å². The van der Waals surface area contributed by atoms with Crippen LogP contribution in [-0.2, 0) is 22.6 Å². The molecule has 190 valence electrons. The van der Waals surface area contributed by atoms with Crippen molar-refractivity contribution in [2.45, 2.75) is 52.2 Å². The molecule has 2 amide bonds. The van der Waals surface area contributed by atoms with Crippen LogP contribution in [0.25, 0.3) is 0 Å². The van der Waals surface area contributed by atoms with Crippen molar-refractivity contribution in [3.05, 3.63) is 99.8 Å². The van der Waals surface area contributed by atoms with Crippen LogP contribution in [0.15, 0.2) is 77.3 Å². The molecule has 3 rings (SSSR count). The van der Waals surface area contributed by atoms with Gasteiger partial charge >= 0.3 is 0 Å². The monoisotopic (exact) mass is 554 g/mol. The number of nitrogens with one attached hydrogen (secondary N) is 1. The van der Waals surface area contributed by atoms with E-state index in [0.29, 0.717) is 12.2 Å². The minimum atomic E-state index is -0.769. The second-order valence-corrected chi connectivity index (χ2v) is 9.73. The minimum absolute atomic E-state index is 0.0412. The van der Waals surface area contributed by atoms with Crippen molar-refractivity contribution in [2.75, 3.05) is 6.61 Å². The Morgan fingerprint density at radius 1 is 1.03 bits per heavy atom. The highest BCUT2D eigenvalue weighted by Gasteiger charge is 2.31. The first kappa shape index (κ1) is 27.4. The van der Waals surface area contributed by atoms with Crippen molar-refractivity contribution in [1.29, 1.82) is 0 Å². The number of nitrogens with zero attached hydrogens (tertiary/aromatic N) is 1. The van der Waals surface area contributed by atoms with Crippen molar-refractivity contribution >= 4 is 27.7 Å². The molecular weight excluding hydrogens is 523 g/mol. The molecule has 3 aromatic carbocycles. The van der Waals surface area contributed by atoms with Crippen LogP contribution >= 0.6 is 15.9 Å². The molecule has 0 bridgehead atoms. The van der Waals surface area contributed by atoms with Gasteiger partial charge < -0.3 is 15.0 Å². The van der Waals surface area contributed by atoms with Gasteiger partial charge in [-0.3, -0.25) is 9.59 Å². The Bertz CT molecular complexity index is 1150. The fourth-order valence-electron chi connectivity index (χ4n) is 3.72. The Hall–Kier alpha value is -3.19. The normalized spacial score (nSPS) is 12.5. The number of carbonyl (C=O) groups is 2. The highest BCUT2D eigenvalue weighted by molar-refractivity contribution is 9.10. The Kier molecular flexibility index (Phi) is 10.1. The Morgan fingerprint density at radius 3 is 2.36 bits per heavy atom. The lowest BCUT2D eigenvalue weighted by Crippen LogP contribution is -2.53. The molecule has 0 radical (unpaired) electrons. The van der Waals surface area contributed by atoms with Crippen LogP contribution in [0, 0.1) is 12.7 Å². The largest absolute Gasteiger partial charge is 0.484 e. The van der Waals surface area contributed by atoms with Gasteiger partial charge in [-0.2, -0.15) is 0 Å². The lowest BCUT2D eigenvalue weighted by Gasteiger charge is -2.32. The van der Waals surface area contributed by atoms with Crippen molar-refractivity contribution in [2.24, 2.45) is 0 Å². The third-order valence-corrected chi connectivity index (χ3v) is 6.92. The van der Waals surface area contributed by atoms with E-state index in [9.17, 15) is 14.0 Å². The van der Waals surface area contributed by atoms with Crippen LogP contribution in [0.3, 0.4) is 0 Å². The van der Waals surface area contributed by atoms with E-state index >= 15 is 0 Å². The van der Waals surface area contributed by atoms with E-state index < -0.39 is 6.04 Å². The zero-order valence-electron chi connectivity index (χ0n) is 20.8. The van der Waals surface area contributed by atoms with E-state index in [0.717, 1.165) is 27.6 Å². The average Bonchev–Trinajstić information content (AvgIpc) is 2.88. The fraction of sp³-hybridized carbons (Fsp3) is 0.310. The van der Waals surface area contributed by atoms with Gasteiger partial charge in [-0.1, -0.05) is 65.3 Å². The molecule has 0 fully saturated rings.